The van der Waals surface area contributed by atoms with E-state index in [-0.39, 0.29) is 17.2 Å². The number of nitrogens with zero attached hydrogens (tertiary/aromatic N) is 1. The number of nitrogens with one attached hydrogen (secondary N) is 1. The molecule has 0 amide bonds. The quantitative estimate of drug-likeness (QED) is 0.0880. The van der Waals surface area contributed by atoms with Gasteiger partial charge in [0, 0.05) is 13.5 Å². The molecule has 14 heteroatoms. The van der Waals surface area contributed by atoms with Crippen LogP contribution in [0.5, 0.6) is 0 Å². The highest BCUT2D eigenvalue weighted by molar-refractivity contribution is 6.62. The van der Waals surface area contributed by atoms with Crippen LogP contribution >= 0.6 is 11.6 Å². The Morgan fingerprint density at radius 2 is 1.58 bits per heavy atom. The van der Waals surface area contributed by atoms with Crippen molar-refractivity contribution >= 4 is 40.7 Å². The Kier molecular flexibility index (Phi) is 20.4. The summed E-state index contributed by atoms with van der Waals surface area (Å²) in [5, 5.41) is 27.7. The number of benzene rings is 1. The van der Waals surface area contributed by atoms with Crippen LogP contribution in [0.25, 0.3) is 0 Å². The van der Waals surface area contributed by atoms with Gasteiger partial charge in [-0.05, 0) is 55.8 Å². The molecule has 1 aromatic rings. The topological polar surface area (TPSA) is 257 Å². The summed E-state index contributed by atoms with van der Waals surface area (Å²) in [6, 6.07) is 7.46. The smallest absolute Gasteiger partial charge is 0.320 e. The number of carboxylic acid groups (broad SMARTS) is 3. The largest absolute Gasteiger partial charge is 0.480 e. The molecule has 1 aliphatic rings. The molecule has 0 saturated carbocycles. The van der Waals surface area contributed by atoms with E-state index < -0.39 is 30.0 Å². The van der Waals surface area contributed by atoms with Gasteiger partial charge in [0.25, 0.3) is 0 Å². The molecular formula is C22H37ClN6O7. The second-order valence-electron chi connectivity index (χ2n) is 7.49. The van der Waals surface area contributed by atoms with Crippen molar-refractivity contribution in [3.63, 3.8) is 0 Å². The number of rotatable bonds is 9. The van der Waals surface area contributed by atoms with Crippen molar-refractivity contribution < 1.29 is 34.5 Å². The zero-order valence-electron chi connectivity index (χ0n) is 20.2. The highest BCUT2D eigenvalue weighted by Gasteiger charge is 2.20. The van der Waals surface area contributed by atoms with Gasteiger partial charge in [0.2, 0.25) is 5.24 Å². The summed E-state index contributed by atoms with van der Waals surface area (Å²) < 4.78 is 0. The summed E-state index contributed by atoms with van der Waals surface area (Å²) in [6.45, 7) is 2.57. The summed E-state index contributed by atoms with van der Waals surface area (Å²) in [5.41, 5.74) is 21.6. The molecule has 12 N–H and O–H groups in total. The first kappa shape index (κ1) is 34.9. The molecule has 1 fully saturated rings. The third-order valence-electron chi connectivity index (χ3n) is 4.26. The molecule has 3 atom stereocenters. The fourth-order valence-electron chi connectivity index (χ4n) is 2.49. The first-order valence-electron chi connectivity index (χ1n) is 11.0. The SMILES string of the molecule is CC(=O)Cl.NC(Cc1ccccc1)C(=O)O.NC(N)=NCCCC(N)C(=O)O.O=C(O)C1CCCN1. The Labute approximate surface area is 214 Å². The number of aliphatic imine (C=N–C) groups is 1. The van der Waals surface area contributed by atoms with Crippen LogP contribution in [-0.2, 0) is 25.6 Å². The van der Waals surface area contributed by atoms with E-state index in [9.17, 15) is 19.2 Å². The third-order valence-corrected chi connectivity index (χ3v) is 4.26. The molecule has 36 heavy (non-hydrogen) atoms. The minimum Gasteiger partial charge on any atom is -0.480 e. The fourth-order valence-corrected chi connectivity index (χ4v) is 2.49. The average Bonchev–Trinajstić information content (AvgIpc) is 3.33. The highest BCUT2D eigenvalue weighted by Crippen LogP contribution is 2.03. The number of aliphatic carboxylic acids is 3. The molecule has 1 saturated heterocycles. The average molecular weight is 533 g/mol. The van der Waals surface area contributed by atoms with E-state index in [1.54, 1.807) is 0 Å². The number of carbonyl (C=O) groups is 4. The summed E-state index contributed by atoms with van der Waals surface area (Å²) in [7, 11) is 0. The molecule has 0 radical (unpaired) electrons. The zero-order valence-corrected chi connectivity index (χ0v) is 20.9. The van der Waals surface area contributed by atoms with Crippen LogP contribution in [0.15, 0.2) is 35.3 Å². The second-order valence-corrected chi connectivity index (χ2v) is 8.02. The van der Waals surface area contributed by atoms with Crippen LogP contribution in [-0.4, -0.2) is 75.6 Å². The minimum absolute atomic E-state index is 0.0129. The van der Waals surface area contributed by atoms with Gasteiger partial charge < -0.3 is 43.6 Å². The van der Waals surface area contributed by atoms with Gasteiger partial charge in [-0.1, -0.05) is 30.3 Å². The van der Waals surface area contributed by atoms with Crippen molar-refractivity contribution in [2.45, 2.75) is 57.2 Å². The summed E-state index contributed by atoms with van der Waals surface area (Å²) in [6.07, 6.45) is 3.12. The molecule has 1 aliphatic heterocycles. The first-order chi connectivity index (χ1) is 16.8. The maximum absolute atomic E-state index is 10.4. The van der Waals surface area contributed by atoms with Crippen molar-refractivity contribution in [2.75, 3.05) is 13.1 Å². The van der Waals surface area contributed by atoms with E-state index in [1.807, 2.05) is 30.3 Å². The van der Waals surface area contributed by atoms with Crippen LogP contribution in [0.2, 0.25) is 0 Å². The molecule has 1 heterocycles. The number of halogens is 1. The van der Waals surface area contributed by atoms with Gasteiger partial charge in [-0.3, -0.25) is 24.2 Å². The van der Waals surface area contributed by atoms with Gasteiger partial charge >= 0.3 is 17.9 Å². The van der Waals surface area contributed by atoms with Crippen molar-refractivity contribution in [3.8, 4) is 0 Å². The van der Waals surface area contributed by atoms with E-state index in [0.29, 0.717) is 25.8 Å². The lowest BCUT2D eigenvalue weighted by Crippen LogP contribution is -2.32. The van der Waals surface area contributed by atoms with Crippen LogP contribution in [0.4, 0.5) is 0 Å². The molecule has 0 aliphatic carbocycles. The monoisotopic (exact) mass is 532 g/mol. The predicted molar refractivity (Wildman–Crippen MR) is 136 cm³/mol. The van der Waals surface area contributed by atoms with E-state index in [2.05, 4.69) is 21.9 Å². The van der Waals surface area contributed by atoms with Crippen molar-refractivity contribution in [3.05, 3.63) is 35.9 Å². The van der Waals surface area contributed by atoms with Gasteiger partial charge in [-0.2, -0.15) is 0 Å². The summed E-state index contributed by atoms with van der Waals surface area (Å²) >= 11 is 4.64. The number of guanidine groups is 1. The Morgan fingerprint density at radius 3 is 1.94 bits per heavy atom. The molecular weight excluding hydrogens is 496 g/mol. The Hall–Kier alpha value is -3.26. The maximum atomic E-state index is 10.4. The number of carbonyl (C=O) groups excluding carboxylic acids is 1. The van der Waals surface area contributed by atoms with E-state index in [0.717, 1.165) is 24.9 Å². The Morgan fingerprint density at radius 1 is 1.06 bits per heavy atom. The van der Waals surface area contributed by atoms with E-state index >= 15 is 0 Å². The van der Waals surface area contributed by atoms with Crippen molar-refractivity contribution in [1.29, 1.82) is 0 Å². The molecule has 3 unspecified atom stereocenters. The molecule has 0 spiro atoms. The zero-order chi connectivity index (χ0) is 28.1. The lowest BCUT2D eigenvalue weighted by molar-refractivity contribution is -0.139. The lowest BCUT2D eigenvalue weighted by Gasteiger charge is -2.04. The van der Waals surface area contributed by atoms with Gasteiger partial charge in [0.1, 0.15) is 18.1 Å². The van der Waals surface area contributed by atoms with Crippen molar-refractivity contribution in [1.82, 2.24) is 5.32 Å². The van der Waals surface area contributed by atoms with E-state index in [1.165, 1.54) is 6.92 Å². The molecule has 13 nitrogen and oxygen atoms in total. The number of carboxylic acids is 3. The van der Waals surface area contributed by atoms with Crippen LogP contribution in [0.1, 0.15) is 38.2 Å². The molecule has 2 rings (SSSR count). The van der Waals surface area contributed by atoms with Gasteiger partial charge in [0.05, 0.1) is 0 Å². The normalized spacial score (nSPS) is 15.2. The van der Waals surface area contributed by atoms with Crippen LogP contribution < -0.4 is 28.3 Å². The Balaban J connectivity index is 0. The third kappa shape index (κ3) is 22.5. The highest BCUT2D eigenvalue weighted by atomic mass is 35.5. The van der Waals surface area contributed by atoms with Gasteiger partial charge in [-0.25, -0.2) is 0 Å². The van der Waals surface area contributed by atoms with Crippen LogP contribution in [0, 0.1) is 0 Å². The van der Waals surface area contributed by atoms with Crippen LogP contribution in [0.3, 0.4) is 0 Å². The minimum atomic E-state index is -1.00. The van der Waals surface area contributed by atoms with E-state index in [4.69, 9.17) is 38.3 Å². The predicted octanol–water partition coefficient (Wildman–Crippen LogP) is -0.312. The second kappa shape index (κ2) is 21.1. The maximum Gasteiger partial charge on any atom is 0.320 e. The van der Waals surface area contributed by atoms with Gasteiger partial charge in [-0.15, -0.1) is 0 Å². The molecule has 0 bridgehead atoms. The number of nitrogens with two attached hydrogens (primary N) is 4. The van der Waals surface area contributed by atoms with Crippen molar-refractivity contribution in [2.24, 2.45) is 27.9 Å². The summed E-state index contributed by atoms with van der Waals surface area (Å²) in [5.74, 6) is -2.67. The Bertz CT molecular complexity index is 812. The standard InChI is InChI=1S/C9H11NO2.C6H14N4O2.C5H9NO2.C2H3ClO/c10-8(9(11)12)6-7-4-2-1-3-5-7;7-4(5(11)12)2-1-3-10-6(8)9;7-5(8)4-2-1-3-6-4;1-2(3)4/h1-5,8H,6,10H2,(H,11,12);4H,1-3,7H2,(H,11,12)(H4,8,9,10);4,6H,1-3H2,(H,7,8);1H3. The number of hydrogen-bond donors (Lipinski definition) is 8. The molecule has 0 aromatic heterocycles. The molecule has 1 aromatic carbocycles. The lowest BCUT2D eigenvalue weighted by atomic mass is 10.1. The number of hydrogen-bond acceptors (Lipinski definition) is 8. The van der Waals surface area contributed by atoms with Gasteiger partial charge in [0.15, 0.2) is 5.96 Å². The first-order valence-corrected chi connectivity index (χ1v) is 11.3. The summed E-state index contributed by atoms with van der Waals surface area (Å²) in [4.78, 5) is 43.6. The fraction of sp³-hybridized carbons (Fsp3) is 0.500. The molecule has 204 valence electrons.